The highest BCUT2D eigenvalue weighted by atomic mass is 15.3. The van der Waals surface area contributed by atoms with Gasteiger partial charge in [-0.25, -0.2) is 0 Å². The zero-order valence-electron chi connectivity index (χ0n) is 10.3. The predicted octanol–water partition coefficient (Wildman–Crippen LogP) is 2.06. The van der Waals surface area contributed by atoms with Crippen molar-refractivity contribution in [3.8, 4) is 0 Å². The molecule has 0 N–H and O–H groups in total. The predicted molar refractivity (Wildman–Crippen MR) is 62.6 cm³/mol. The van der Waals surface area contributed by atoms with Gasteiger partial charge in [0.1, 0.15) is 0 Å². The second-order valence-electron chi connectivity index (χ2n) is 4.95. The Labute approximate surface area is 89.3 Å². The quantitative estimate of drug-likeness (QED) is 0.682. The van der Waals surface area contributed by atoms with Crippen LogP contribution in [0.15, 0.2) is 0 Å². The first-order valence-corrected chi connectivity index (χ1v) is 6.09. The molecule has 0 aromatic heterocycles. The monoisotopic (exact) mass is 198 g/mol. The highest BCUT2D eigenvalue weighted by molar-refractivity contribution is 4.76. The summed E-state index contributed by atoms with van der Waals surface area (Å²) in [5.41, 5.74) is 0. The van der Waals surface area contributed by atoms with E-state index in [1.807, 2.05) is 0 Å². The minimum absolute atomic E-state index is 0.772. The molecule has 0 radical (unpaired) electrons. The third-order valence-electron chi connectivity index (χ3n) is 3.29. The van der Waals surface area contributed by atoms with Gasteiger partial charge in [0.15, 0.2) is 0 Å². The van der Waals surface area contributed by atoms with Crippen LogP contribution in [0.3, 0.4) is 0 Å². The van der Waals surface area contributed by atoms with Gasteiger partial charge >= 0.3 is 0 Å². The van der Waals surface area contributed by atoms with Gasteiger partial charge < -0.3 is 4.90 Å². The molecule has 1 atom stereocenters. The van der Waals surface area contributed by atoms with Gasteiger partial charge in [-0.3, -0.25) is 4.90 Å². The summed E-state index contributed by atoms with van der Waals surface area (Å²) in [4.78, 5) is 5.19. The van der Waals surface area contributed by atoms with Crippen LogP contribution in [0.25, 0.3) is 0 Å². The number of hydrogen-bond donors (Lipinski definition) is 0. The molecule has 1 saturated heterocycles. The lowest BCUT2D eigenvalue weighted by atomic mass is 10.0. The molecule has 0 aromatic rings. The van der Waals surface area contributed by atoms with E-state index in [2.05, 4.69) is 37.5 Å². The molecule has 2 nitrogen and oxygen atoms in total. The fraction of sp³-hybridized carbons (Fsp3) is 1.00. The molecule has 1 rings (SSSR count). The summed E-state index contributed by atoms with van der Waals surface area (Å²) in [6.07, 6.45) is 1.34. The lowest BCUT2D eigenvalue weighted by Crippen LogP contribution is -2.49. The first-order chi connectivity index (χ1) is 6.63. The molecule has 0 saturated carbocycles. The normalized spacial score (nSPS) is 22.9. The molecule has 1 unspecified atom stereocenters. The maximum Gasteiger partial charge on any atom is 0.0113 e. The van der Waals surface area contributed by atoms with Gasteiger partial charge in [0.05, 0.1) is 0 Å². The van der Waals surface area contributed by atoms with Crippen molar-refractivity contribution in [3.05, 3.63) is 0 Å². The fourth-order valence-electron chi connectivity index (χ4n) is 2.35. The molecule has 84 valence electrons. The molecule has 0 aromatic carbocycles. The SMILES string of the molecule is CCN1CCN(C(C)CC(C)C)CC1. The van der Waals surface area contributed by atoms with E-state index in [-0.39, 0.29) is 0 Å². The molecule has 2 heteroatoms. The topological polar surface area (TPSA) is 6.48 Å². The van der Waals surface area contributed by atoms with Crippen LogP contribution in [-0.2, 0) is 0 Å². The summed E-state index contributed by atoms with van der Waals surface area (Å²) < 4.78 is 0. The van der Waals surface area contributed by atoms with Crippen molar-refractivity contribution in [2.24, 2.45) is 5.92 Å². The Kier molecular flexibility index (Phi) is 4.90. The molecule has 0 aliphatic carbocycles. The van der Waals surface area contributed by atoms with Gasteiger partial charge in [0, 0.05) is 32.2 Å². The Morgan fingerprint density at radius 3 is 2.00 bits per heavy atom. The lowest BCUT2D eigenvalue weighted by molar-refractivity contribution is 0.0970. The van der Waals surface area contributed by atoms with Crippen molar-refractivity contribution >= 4 is 0 Å². The summed E-state index contributed by atoms with van der Waals surface area (Å²) in [6, 6.07) is 0.772. The first-order valence-electron chi connectivity index (χ1n) is 6.09. The minimum Gasteiger partial charge on any atom is -0.301 e. The molecular formula is C12H26N2. The van der Waals surface area contributed by atoms with Crippen LogP contribution < -0.4 is 0 Å². The van der Waals surface area contributed by atoms with E-state index in [1.165, 1.54) is 39.1 Å². The van der Waals surface area contributed by atoms with Crippen LogP contribution in [0.4, 0.5) is 0 Å². The van der Waals surface area contributed by atoms with Crippen molar-refractivity contribution in [1.82, 2.24) is 9.80 Å². The number of likely N-dealkylation sites (N-methyl/N-ethyl adjacent to an activating group) is 1. The summed E-state index contributed by atoms with van der Waals surface area (Å²) in [7, 11) is 0. The van der Waals surface area contributed by atoms with Gasteiger partial charge in [-0.15, -0.1) is 0 Å². The minimum atomic E-state index is 0.772. The Bertz CT molecular complexity index is 148. The highest BCUT2D eigenvalue weighted by Crippen LogP contribution is 2.13. The van der Waals surface area contributed by atoms with Gasteiger partial charge in [0.2, 0.25) is 0 Å². The van der Waals surface area contributed by atoms with Crippen molar-refractivity contribution in [3.63, 3.8) is 0 Å². The van der Waals surface area contributed by atoms with Crippen molar-refractivity contribution in [1.29, 1.82) is 0 Å². The van der Waals surface area contributed by atoms with E-state index in [0.29, 0.717) is 0 Å². The van der Waals surface area contributed by atoms with Crippen LogP contribution in [0.2, 0.25) is 0 Å². The van der Waals surface area contributed by atoms with Crippen LogP contribution in [0.1, 0.15) is 34.1 Å². The Balaban J connectivity index is 2.26. The maximum absolute atomic E-state index is 2.64. The Morgan fingerprint density at radius 2 is 1.57 bits per heavy atom. The summed E-state index contributed by atoms with van der Waals surface area (Å²) >= 11 is 0. The standard InChI is InChI=1S/C12H26N2/c1-5-13-6-8-14(9-7-13)12(4)10-11(2)3/h11-12H,5-10H2,1-4H3. The number of nitrogens with zero attached hydrogens (tertiary/aromatic N) is 2. The summed E-state index contributed by atoms with van der Waals surface area (Å²) in [5.74, 6) is 0.828. The molecule has 1 aliphatic heterocycles. The molecule has 0 spiro atoms. The zero-order chi connectivity index (χ0) is 10.6. The number of rotatable bonds is 4. The van der Waals surface area contributed by atoms with E-state index < -0.39 is 0 Å². The fourth-order valence-corrected chi connectivity index (χ4v) is 2.35. The Morgan fingerprint density at radius 1 is 1.00 bits per heavy atom. The summed E-state index contributed by atoms with van der Waals surface area (Å²) in [5, 5.41) is 0. The third kappa shape index (κ3) is 3.58. The van der Waals surface area contributed by atoms with E-state index in [0.717, 1.165) is 12.0 Å². The van der Waals surface area contributed by atoms with Crippen molar-refractivity contribution in [2.45, 2.75) is 40.2 Å². The number of piperazine rings is 1. The molecular weight excluding hydrogens is 172 g/mol. The van der Waals surface area contributed by atoms with Gasteiger partial charge in [-0.2, -0.15) is 0 Å². The van der Waals surface area contributed by atoms with Crippen LogP contribution in [0.5, 0.6) is 0 Å². The van der Waals surface area contributed by atoms with E-state index in [1.54, 1.807) is 0 Å². The average molecular weight is 198 g/mol. The highest BCUT2D eigenvalue weighted by Gasteiger charge is 2.20. The molecule has 0 amide bonds. The van der Waals surface area contributed by atoms with Crippen LogP contribution in [-0.4, -0.2) is 48.6 Å². The molecule has 1 fully saturated rings. The second-order valence-corrected chi connectivity index (χ2v) is 4.95. The van der Waals surface area contributed by atoms with E-state index in [9.17, 15) is 0 Å². The lowest BCUT2D eigenvalue weighted by Gasteiger charge is -2.38. The van der Waals surface area contributed by atoms with E-state index in [4.69, 9.17) is 0 Å². The van der Waals surface area contributed by atoms with Crippen molar-refractivity contribution in [2.75, 3.05) is 32.7 Å². The van der Waals surface area contributed by atoms with Gasteiger partial charge in [-0.1, -0.05) is 20.8 Å². The maximum atomic E-state index is 2.64. The molecule has 1 aliphatic rings. The average Bonchev–Trinajstić information content (AvgIpc) is 2.17. The second kappa shape index (κ2) is 5.72. The van der Waals surface area contributed by atoms with Gasteiger partial charge in [0.25, 0.3) is 0 Å². The van der Waals surface area contributed by atoms with Gasteiger partial charge in [-0.05, 0) is 25.8 Å². The van der Waals surface area contributed by atoms with Crippen molar-refractivity contribution < 1.29 is 0 Å². The largest absolute Gasteiger partial charge is 0.301 e. The zero-order valence-corrected chi connectivity index (χ0v) is 10.3. The first kappa shape index (κ1) is 12.0. The number of hydrogen-bond acceptors (Lipinski definition) is 2. The third-order valence-corrected chi connectivity index (χ3v) is 3.29. The van der Waals surface area contributed by atoms with E-state index >= 15 is 0 Å². The molecule has 0 bridgehead atoms. The van der Waals surface area contributed by atoms with Crippen LogP contribution in [0, 0.1) is 5.92 Å². The Hall–Kier alpha value is -0.0800. The van der Waals surface area contributed by atoms with Crippen LogP contribution >= 0.6 is 0 Å². The molecule has 14 heavy (non-hydrogen) atoms. The molecule has 1 heterocycles. The summed E-state index contributed by atoms with van der Waals surface area (Å²) in [6.45, 7) is 15.5. The smallest absolute Gasteiger partial charge is 0.0113 e.